The molecule has 0 aliphatic heterocycles. The van der Waals surface area contributed by atoms with E-state index in [9.17, 15) is 4.79 Å². The molecule has 70 valence electrons. The van der Waals surface area contributed by atoms with Crippen LogP contribution in [0.2, 0.25) is 0 Å². The summed E-state index contributed by atoms with van der Waals surface area (Å²) in [5.41, 5.74) is 0.741. The van der Waals surface area contributed by atoms with Crippen molar-refractivity contribution in [3.8, 4) is 0 Å². The Morgan fingerprint density at radius 1 is 1.38 bits per heavy atom. The van der Waals surface area contributed by atoms with Crippen LogP contribution in [-0.4, -0.2) is 18.9 Å². The van der Waals surface area contributed by atoms with Gasteiger partial charge in [0.1, 0.15) is 0 Å². The van der Waals surface area contributed by atoms with Gasteiger partial charge in [-0.2, -0.15) is 0 Å². The Morgan fingerprint density at radius 3 is 2.38 bits per heavy atom. The van der Waals surface area contributed by atoms with E-state index >= 15 is 0 Å². The second kappa shape index (κ2) is 4.53. The van der Waals surface area contributed by atoms with Gasteiger partial charge in [-0.1, -0.05) is 28.1 Å². The predicted octanol–water partition coefficient (Wildman–Crippen LogP) is 2.24. The number of rotatable bonds is 3. The van der Waals surface area contributed by atoms with Crippen LogP contribution in [0.1, 0.15) is 17.3 Å². The largest absolute Gasteiger partial charge is 0.310 e. The Kier molecular flexibility index (Phi) is 3.63. The van der Waals surface area contributed by atoms with Gasteiger partial charge in [-0.05, 0) is 26.1 Å². The topological polar surface area (TPSA) is 29.1 Å². The number of ketones is 1. The van der Waals surface area contributed by atoms with Crippen LogP contribution in [0.15, 0.2) is 28.7 Å². The summed E-state index contributed by atoms with van der Waals surface area (Å²) in [6, 6.07) is 7.26. The molecule has 0 bridgehead atoms. The van der Waals surface area contributed by atoms with E-state index in [4.69, 9.17) is 0 Å². The van der Waals surface area contributed by atoms with E-state index in [1.54, 1.807) is 7.05 Å². The van der Waals surface area contributed by atoms with Crippen molar-refractivity contribution < 1.29 is 4.79 Å². The number of carbonyl (C=O) groups excluding carboxylic acids is 1. The van der Waals surface area contributed by atoms with Crippen molar-refractivity contribution in [1.29, 1.82) is 0 Å². The summed E-state index contributed by atoms with van der Waals surface area (Å²) in [6.07, 6.45) is 0. The molecule has 0 radical (unpaired) electrons. The van der Waals surface area contributed by atoms with Crippen molar-refractivity contribution >= 4 is 21.7 Å². The molecule has 1 atom stereocenters. The van der Waals surface area contributed by atoms with Gasteiger partial charge in [-0.3, -0.25) is 4.79 Å². The first-order valence-electron chi connectivity index (χ1n) is 4.12. The Morgan fingerprint density at radius 2 is 1.92 bits per heavy atom. The van der Waals surface area contributed by atoms with Crippen LogP contribution in [0.5, 0.6) is 0 Å². The Labute approximate surface area is 86.5 Å². The number of nitrogens with one attached hydrogen (secondary N) is 1. The minimum Gasteiger partial charge on any atom is -0.310 e. The lowest BCUT2D eigenvalue weighted by atomic mass is 10.1. The van der Waals surface area contributed by atoms with Crippen molar-refractivity contribution in [2.24, 2.45) is 0 Å². The molecule has 0 amide bonds. The lowest BCUT2D eigenvalue weighted by Gasteiger charge is -2.08. The van der Waals surface area contributed by atoms with E-state index in [-0.39, 0.29) is 11.8 Å². The number of Topliss-reactive ketones (excluding diaryl/α,β-unsaturated/α-hetero) is 1. The number of halogens is 1. The number of hydrogen-bond donors (Lipinski definition) is 1. The molecule has 13 heavy (non-hydrogen) atoms. The average molecular weight is 242 g/mol. The standard InChI is InChI=1S/C10H12BrNO/c1-7(12-2)10(13)8-3-5-9(11)6-4-8/h3-7,12H,1-2H3/t7-/m1/s1. The van der Waals surface area contributed by atoms with Gasteiger partial charge in [0.05, 0.1) is 6.04 Å². The monoisotopic (exact) mass is 241 g/mol. The van der Waals surface area contributed by atoms with Gasteiger partial charge < -0.3 is 5.32 Å². The minimum atomic E-state index is -0.124. The second-order valence-corrected chi connectivity index (χ2v) is 3.80. The molecule has 0 saturated carbocycles. The Balaban J connectivity index is 2.83. The summed E-state index contributed by atoms with van der Waals surface area (Å²) in [7, 11) is 1.78. The van der Waals surface area contributed by atoms with Crippen molar-refractivity contribution in [1.82, 2.24) is 5.32 Å². The Hall–Kier alpha value is -0.670. The molecule has 0 saturated heterocycles. The summed E-state index contributed by atoms with van der Waals surface area (Å²) in [5, 5.41) is 2.92. The fourth-order valence-electron chi connectivity index (χ4n) is 0.995. The lowest BCUT2D eigenvalue weighted by molar-refractivity contribution is 0.0955. The summed E-state index contributed by atoms with van der Waals surface area (Å²) in [5.74, 6) is 0.120. The third-order valence-corrected chi connectivity index (χ3v) is 2.48. The molecule has 1 N–H and O–H groups in total. The zero-order valence-electron chi connectivity index (χ0n) is 7.67. The summed E-state index contributed by atoms with van der Waals surface area (Å²) >= 11 is 3.32. The van der Waals surface area contributed by atoms with Gasteiger partial charge in [0.25, 0.3) is 0 Å². The van der Waals surface area contributed by atoms with Crippen LogP contribution in [0.25, 0.3) is 0 Å². The third-order valence-electron chi connectivity index (χ3n) is 1.96. The maximum atomic E-state index is 11.6. The highest BCUT2D eigenvalue weighted by Crippen LogP contribution is 2.11. The van der Waals surface area contributed by atoms with Gasteiger partial charge in [-0.25, -0.2) is 0 Å². The average Bonchev–Trinajstić information content (AvgIpc) is 2.17. The van der Waals surface area contributed by atoms with Crippen LogP contribution in [0.3, 0.4) is 0 Å². The highest BCUT2D eigenvalue weighted by Gasteiger charge is 2.11. The molecular weight excluding hydrogens is 230 g/mol. The van der Waals surface area contributed by atoms with Crippen molar-refractivity contribution in [2.45, 2.75) is 13.0 Å². The molecule has 0 heterocycles. The van der Waals surface area contributed by atoms with Crippen molar-refractivity contribution in [2.75, 3.05) is 7.05 Å². The van der Waals surface area contributed by atoms with E-state index in [0.717, 1.165) is 10.0 Å². The van der Waals surface area contributed by atoms with E-state index < -0.39 is 0 Å². The molecular formula is C10H12BrNO. The molecule has 0 aromatic heterocycles. The van der Waals surface area contributed by atoms with Gasteiger partial charge in [0.2, 0.25) is 0 Å². The fourth-order valence-corrected chi connectivity index (χ4v) is 1.26. The molecule has 0 fully saturated rings. The quantitative estimate of drug-likeness (QED) is 0.823. The van der Waals surface area contributed by atoms with Gasteiger partial charge in [0.15, 0.2) is 5.78 Å². The maximum Gasteiger partial charge on any atom is 0.179 e. The lowest BCUT2D eigenvalue weighted by Crippen LogP contribution is -2.30. The van der Waals surface area contributed by atoms with Crippen LogP contribution in [0.4, 0.5) is 0 Å². The first-order chi connectivity index (χ1) is 6.15. The van der Waals surface area contributed by atoms with Crippen LogP contribution >= 0.6 is 15.9 Å². The SMILES string of the molecule is CN[C@H](C)C(=O)c1ccc(Br)cc1. The van der Waals surface area contributed by atoms with E-state index in [2.05, 4.69) is 21.2 Å². The summed E-state index contributed by atoms with van der Waals surface area (Å²) in [6.45, 7) is 1.85. The first-order valence-corrected chi connectivity index (χ1v) is 4.91. The second-order valence-electron chi connectivity index (χ2n) is 2.88. The third kappa shape index (κ3) is 2.64. The van der Waals surface area contributed by atoms with E-state index in [1.807, 2.05) is 31.2 Å². The molecule has 0 unspecified atom stereocenters. The highest BCUT2D eigenvalue weighted by molar-refractivity contribution is 9.10. The zero-order chi connectivity index (χ0) is 9.84. The number of benzene rings is 1. The van der Waals surface area contributed by atoms with Crippen molar-refractivity contribution in [3.05, 3.63) is 34.3 Å². The van der Waals surface area contributed by atoms with Crippen LogP contribution in [-0.2, 0) is 0 Å². The van der Waals surface area contributed by atoms with Gasteiger partial charge >= 0.3 is 0 Å². The van der Waals surface area contributed by atoms with Gasteiger partial charge in [0, 0.05) is 10.0 Å². The molecule has 3 heteroatoms. The molecule has 0 aliphatic rings. The van der Waals surface area contributed by atoms with E-state index in [0.29, 0.717) is 0 Å². The smallest absolute Gasteiger partial charge is 0.179 e. The van der Waals surface area contributed by atoms with E-state index in [1.165, 1.54) is 0 Å². The first kappa shape index (κ1) is 10.4. The molecule has 1 aromatic rings. The minimum absolute atomic E-state index is 0.120. The molecule has 1 aromatic carbocycles. The molecule has 2 nitrogen and oxygen atoms in total. The maximum absolute atomic E-state index is 11.6. The predicted molar refractivity (Wildman–Crippen MR) is 57.0 cm³/mol. The summed E-state index contributed by atoms with van der Waals surface area (Å²) in [4.78, 5) is 11.6. The summed E-state index contributed by atoms with van der Waals surface area (Å²) < 4.78 is 0.987. The highest BCUT2D eigenvalue weighted by atomic mass is 79.9. The number of likely N-dealkylation sites (N-methyl/N-ethyl adjacent to an activating group) is 1. The normalized spacial score (nSPS) is 12.5. The van der Waals surface area contributed by atoms with Crippen LogP contribution < -0.4 is 5.32 Å². The fraction of sp³-hybridized carbons (Fsp3) is 0.300. The van der Waals surface area contributed by atoms with Crippen LogP contribution in [0, 0.1) is 0 Å². The number of hydrogen-bond acceptors (Lipinski definition) is 2. The molecule has 1 rings (SSSR count). The molecule has 0 aliphatic carbocycles. The van der Waals surface area contributed by atoms with Crippen molar-refractivity contribution in [3.63, 3.8) is 0 Å². The number of carbonyl (C=O) groups is 1. The Bertz CT molecular complexity index is 294. The zero-order valence-corrected chi connectivity index (χ0v) is 9.26. The van der Waals surface area contributed by atoms with Gasteiger partial charge in [-0.15, -0.1) is 0 Å². The molecule has 0 spiro atoms.